The molecule has 30 heavy (non-hydrogen) atoms. The quantitative estimate of drug-likeness (QED) is 0.599. The monoisotopic (exact) mass is 418 g/mol. The Labute approximate surface area is 178 Å². The van der Waals surface area contributed by atoms with Gasteiger partial charge in [0.25, 0.3) is 0 Å². The van der Waals surface area contributed by atoms with E-state index in [0.717, 1.165) is 24.0 Å². The summed E-state index contributed by atoms with van der Waals surface area (Å²) >= 11 is 0. The van der Waals surface area contributed by atoms with E-state index in [1.807, 2.05) is 31.2 Å². The van der Waals surface area contributed by atoms with Crippen molar-refractivity contribution in [1.29, 1.82) is 0 Å². The van der Waals surface area contributed by atoms with Gasteiger partial charge in [-0.2, -0.15) is 0 Å². The highest BCUT2D eigenvalue weighted by Gasteiger charge is 2.34. The molecule has 2 atom stereocenters. The van der Waals surface area contributed by atoms with Crippen LogP contribution in [-0.2, 0) is 32.1 Å². The summed E-state index contributed by atoms with van der Waals surface area (Å²) in [4.78, 5) is 38.6. The first-order chi connectivity index (χ1) is 14.1. The molecule has 7 nitrogen and oxygen atoms in total. The molecule has 0 spiro atoms. The van der Waals surface area contributed by atoms with Crippen LogP contribution in [0.3, 0.4) is 0 Å². The molecule has 1 aromatic carbocycles. The van der Waals surface area contributed by atoms with Crippen molar-refractivity contribution in [1.82, 2.24) is 10.2 Å². The summed E-state index contributed by atoms with van der Waals surface area (Å²) in [7, 11) is 0. The van der Waals surface area contributed by atoms with Crippen molar-refractivity contribution < 1.29 is 24.2 Å². The molecule has 7 heteroatoms. The fraction of sp³-hybridized carbons (Fsp3) is 0.609. The Morgan fingerprint density at radius 2 is 1.90 bits per heavy atom. The van der Waals surface area contributed by atoms with Gasteiger partial charge in [-0.05, 0) is 44.7 Å². The minimum absolute atomic E-state index is 0.0641. The van der Waals surface area contributed by atoms with Crippen LogP contribution in [0.5, 0.6) is 0 Å². The van der Waals surface area contributed by atoms with Crippen molar-refractivity contribution in [2.45, 2.75) is 84.0 Å². The average molecular weight is 419 g/mol. The van der Waals surface area contributed by atoms with Gasteiger partial charge in [0.1, 0.15) is 5.60 Å². The number of nitrogens with zero attached hydrogens (tertiary/aromatic N) is 1. The van der Waals surface area contributed by atoms with Crippen LogP contribution in [0, 0.1) is 0 Å². The minimum atomic E-state index is -0.927. The second-order valence-corrected chi connectivity index (χ2v) is 8.85. The first-order valence-electron chi connectivity index (χ1n) is 10.6. The van der Waals surface area contributed by atoms with Crippen LogP contribution in [0.2, 0.25) is 0 Å². The van der Waals surface area contributed by atoms with E-state index >= 15 is 0 Å². The van der Waals surface area contributed by atoms with Gasteiger partial charge in [-0.25, -0.2) is 0 Å². The predicted octanol–water partition coefficient (Wildman–Crippen LogP) is 2.90. The van der Waals surface area contributed by atoms with Gasteiger partial charge in [0, 0.05) is 12.6 Å². The van der Waals surface area contributed by atoms with Gasteiger partial charge >= 0.3 is 11.9 Å². The largest absolute Gasteiger partial charge is 0.481 e. The molecular weight excluding hydrogens is 384 g/mol. The molecule has 1 aromatic rings. The predicted molar refractivity (Wildman–Crippen MR) is 114 cm³/mol. The molecule has 0 saturated heterocycles. The lowest BCUT2D eigenvalue weighted by atomic mass is 9.91. The number of carboxylic acid groups (broad SMARTS) is 1. The molecule has 0 radical (unpaired) electrons. The van der Waals surface area contributed by atoms with Gasteiger partial charge in [-0.15, -0.1) is 0 Å². The number of benzene rings is 1. The number of carbonyl (C=O) groups excluding carboxylic acids is 2. The fourth-order valence-electron chi connectivity index (χ4n) is 3.73. The van der Waals surface area contributed by atoms with Crippen molar-refractivity contribution in [3.05, 3.63) is 35.4 Å². The van der Waals surface area contributed by atoms with Gasteiger partial charge in [-0.3, -0.25) is 19.7 Å². The number of hydrogen-bond acceptors (Lipinski definition) is 5. The zero-order valence-corrected chi connectivity index (χ0v) is 18.4. The van der Waals surface area contributed by atoms with Crippen LogP contribution in [0.25, 0.3) is 0 Å². The molecule has 1 aliphatic heterocycles. The maximum atomic E-state index is 13.4. The summed E-state index contributed by atoms with van der Waals surface area (Å²) in [6, 6.07) is 6.86. The Hall–Kier alpha value is -2.41. The van der Waals surface area contributed by atoms with Gasteiger partial charge < -0.3 is 14.7 Å². The van der Waals surface area contributed by atoms with Gasteiger partial charge in [0.15, 0.2) is 0 Å². The second-order valence-electron chi connectivity index (χ2n) is 8.85. The van der Waals surface area contributed by atoms with E-state index in [2.05, 4.69) is 5.32 Å². The number of rotatable bonds is 9. The molecule has 0 bridgehead atoms. The highest BCUT2D eigenvalue weighted by atomic mass is 16.6. The number of amides is 1. The van der Waals surface area contributed by atoms with E-state index in [1.165, 1.54) is 0 Å². The molecule has 1 heterocycles. The Morgan fingerprint density at radius 1 is 1.23 bits per heavy atom. The third-order valence-corrected chi connectivity index (χ3v) is 5.11. The van der Waals surface area contributed by atoms with Crippen LogP contribution < -0.4 is 5.32 Å². The molecule has 0 unspecified atom stereocenters. The topological polar surface area (TPSA) is 95.9 Å². The highest BCUT2D eigenvalue weighted by molar-refractivity contribution is 5.84. The lowest BCUT2D eigenvalue weighted by molar-refractivity contribution is -0.154. The summed E-state index contributed by atoms with van der Waals surface area (Å²) in [6.45, 7) is 7.75. The standard InChI is InChI=1S/C23H34N2O5/c1-5-6-11-19(24-14-21(28)30-23(2,3)4)22(29)25-15-17-10-8-7-9-16(17)12-18(25)13-20(26)27/h7-10,18-19,24H,5-6,11-15H2,1-4H3,(H,26,27)/t18-,19+/m1/s1. The summed E-state index contributed by atoms with van der Waals surface area (Å²) in [5.74, 6) is -1.50. The summed E-state index contributed by atoms with van der Waals surface area (Å²) in [5.41, 5.74) is 1.53. The Morgan fingerprint density at radius 3 is 2.50 bits per heavy atom. The SMILES string of the molecule is CCCC[C@H](NCC(=O)OC(C)(C)C)C(=O)N1Cc2ccccc2C[C@@H]1CC(=O)O. The maximum absolute atomic E-state index is 13.4. The minimum Gasteiger partial charge on any atom is -0.481 e. The summed E-state index contributed by atoms with van der Waals surface area (Å²) in [6.07, 6.45) is 2.73. The number of carbonyl (C=O) groups is 3. The van der Waals surface area contributed by atoms with E-state index in [4.69, 9.17) is 4.74 Å². The zero-order chi connectivity index (χ0) is 22.3. The molecule has 0 saturated carbocycles. The van der Waals surface area contributed by atoms with Crippen LogP contribution in [0.15, 0.2) is 24.3 Å². The molecular formula is C23H34N2O5. The normalized spacial score (nSPS) is 17.2. The highest BCUT2D eigenvalue weighted by Crippen LogP contribution is 2.26. The number of fused-ring (bicyclic) bond motifs is 1. The van der Waals surface area contributed by atoms with Crippen molar-refractivity contribution in [3.63, 3.8) is 0 Å². The lowest BCUT2D eigenvalue weighted by Crippen LogP contribution is -2.53. The first-order valence-corrected chi connectivity index (χ1v) is 10.6. The third kappa shape index (κ3) is 7.13. The molecule has 0 fully saturated rings. The van der Waals surface area contributed by atoms with Crippen molar-refractivity contribution >= 4 is 17.8 Å². The summed E-state index contributed by atoms with van der Waals surface area (Å²) < 4.78 is 5.33. The average Bonchev–Trinajstić information content (AvgIpc) is 2.65. The maximum Gasteiger partial charge on any atom is 0.320 e. The lowest BCUT2D eigenvalue weighted by Gasteiger charge is -2.38. The molecule has 2 rings (SSSR count). The van der Waals surface area contributed by atoms with E-state index in [1.54, 1.807) is 25.7 Å². The molecule has 166 valence electrons. The molecule has 0 aliphatic carbocycles. The van der Waals surface area contributed by atoms with Crippen LogP contribution in [0.1, 0.15) is 64.5 Å². The van der Waals surface area contributed by atoms with Crippen molar-refractivity contribution in [3.8, 4) is 0 Å². The molecule has 1 amide bonds. The third-order valence-electron chi connectivity index (χ3n) is 5.11. The summed E-state index contributed by atoms with van der Waals surface area (Å²) in [5, 5.41) is 12.4. The first kappa shape index (κ1) is 23.9. The van der Waals surface area contributed by atoms with Gasteiger partial charge in [0.05, 0.1) is 19.0 Å². The van der Waals surface area contributed by atoms with Crippen LogP contribution in [-0.4, -0.2) is 52.1 Å². The molecule has 2 N–H and O–H groups in total. The smallest absolute Gasteiger partial charge is 0.320 e. The fourth-order valence-corrected chi connectivity index (χ4v) is 3.73. The number of esters is 1. The number of ether oxygens (including phenoxy) is 1. The number of carboxylic acids is 1. The Kier molecular flexibility index (Phi) is 8.41. The van der Waals surface area contributed by atoms with Gasteiger partial charge in [-0.1, -0.05) is 44.0 Å². The Bertz CT molecular complexity index is 756. The van der Waals surface area contributed by atoms with E-state index in [0.29, 0.717) is 19.4 Å². The van der Waals surface area contributed by atoms with E-state index < -0.39 is 29.6 Å². The molecule has 1 aliphatic rings. The number of unbranched alkanes of at least 4 members (excludes halogenated alkanes) is 1. The van der Waals surface area contributed by atoms with Crippen molar-refractivity contribution in [2.75, 3.05) is 6.54 Å². The van der Waals surface area contributed by atoms with E-state index in [-0.39, 0.29) is 18.9 Å². The zero-order valence-electron chi connectivity index (χ0n) is 18.4. The van der Waals surface area contributed by atoms with Crippen LogP contribution >= 0.6 is 0 Å². The second kappa shape index (κ2) is 10.6. The number of aliphatic carboxylic acids is 1. The number of hydrogen-bond donors (Lipinski definition) is 2. The van der Waals surface area contributed by atoms with E-state index in [9.17, 15) is 19.5 Å². The number of nitrogens with one attached hydrogen (secondary N) is 1. The van der Waals surface area contributed by atoms with Crippen molar-refractivity contribution in [2.24, 2.45) is 0 Å². The van der Waals surface area contributed by atoms with Crippen LogP contribution in [0.4, 0.5) is 0 Å². The molecule has 0 aromatic heterocycles. The Balaban J connectivity index is 2.16. The van der Waals surface area contributed by atoms with Gasteiger partial charge in [0.2, 0.25) is 5.91 Å².